The Bertz CT molecular complexity index is 485. The molecule has 0 fully saturated rings. The Morgan fingerprint density at radius 3 is 2.88 bits per heavy atom. The molecule has 1 aromatic carbocycles. The number of aromatic nitrogens is 1. The van der Waals surface area contributed by atoms with Gasteiger partial charge in [0.15, 0.2) is 6.20 Å². The lowest BCUT2D eigenvalue weighted by atomic mass is 10.2. The molecule has 3 N–H and O–H groups in total. The smallest absolute Gasteiger partial charge is 0.214 e. The highest BCUT2D eigenvalue weighted by atomic mass is 127. The molecule has 0 amide bonds. The second-order valence-corrected chi connectivity index (χ2v) is 3.96. The number of anilines is 1. The zero-order chi connectivity index (χ0) is 11.4. The van der Waals surface area contributed by atoms with E-state index >= 15 is 0 Å². The fraction of sp³-hybridized carbons (Fsp3) is 0.308. The van der Waals surface area contributed by atoms with Crippen LogP contribution in [0.5, 0.6) is 0 Å². The molecule has 0 radical (unpaired) electrons. The highest BCUT2D eigenvalue weighted by Crippen LogP contribution is 2.15. The summed E-state index contributed by atoms with van der Waals surface area (Å²) in [6.45, 7) is 1.66. The molecule has 0 aliphatic carbocycles. The van der Waals surface area contributed by atoms with Crippen LogP contribution in [0.1, 0.15) is 6.42 Å². The van der Waals surface area contributed by atoms with Crippen molar-refractivity contribution in [1.82, 2.24) is 0 Å². The number of halogens is 1. The monoisotopic (exact) mass is 343 g/mol. The first-order chi connectivity index (χ1) is 7.81. The van der Waals surface area contributed by atoms with Gasteiger partial charge in [-0.15, -0.1) is 0 Å². The van der Waals surface area contributed by atoms with E-state index in [1.807, 2.05) is 0 Å². The van der Waals surface area contributed by atoms with Gasteiger partial charge in [-0.1, -0.05) is 0 Å². The highest BCUT2D eigenvalue weighted by molar-refractivity contribution is 5.79. The summed E-state index contributed by atoms with van der Waals surface area (Å²) in [6, 6.07) is 10.6. The van der Waals surface area contributed by atoms with Crippen molar-refractivity contribution in [2.24, 2.45) is 12.8 Å². The maximum atomic E-state index is 5.46. The summed E-state index contributed by atoms with van der Waals surface area (Å²) >= 11 is 0. The summed E-state index contributed by atoms with van der Waals surface area (Å²) < 4.78 is 2.13. The van der Waals surface area contributed by atoms with Crippen LogP contribution >= 0.6 is 0 Å². The number of rotatable bonds is 4. The number of benzene rings is 1. The second kappa shape index (κ2) is 6.76. The Balaban J connectivity index is 0.00000144. The molecule has 0 aliphatic rings. The molecule has 3 nitrogen and oxygen atoms in total. The average Bonchev–Trinajstić information content (AvgIpc) is 2.30. The van der Waals surface area contributed by atoms with Crippen LogP contribution in [0.3, 0.4) is 0 Å². The Kier molecular flexibility index (Phi) is 5.64. The maximum absolute atomic E-state index is 5.46. The first-order valence-electron chi connectivity index (χ1n) is 5.63. The summed E-state index contributed by atoms with van der Waals surface area (Å²) in [5.41, 5.74) is 7.85. The SMILES string of the molecule is C[n+]1cccc2ccc(NCCCN)cc21.[I-]. The van der Waals surface area contributed by atoms with Crippen molar-refractivity contribution in [2.75, 3.05) is 18.4 Å². The molecule has 0 saturated carbocycles. The summed E-state index contributed by atoms with van der Waals surface area (Å²) in [6.07, 6.45) is 3.06. The quantitative estimate of drug-likeness (QED) is 0.400. The van der Waals surface area contributed by atoms with Crippen LogP contribution in [0.4, 0.5) is 5.69 Å². The van der Waals surface area contributed by atoms with Gasteiger partial charge in [-0.05, 0) is 31.2 Å². The van der Waals surface area contributed by atoms with Gasteiger partial charge >= 0.3 is 0 Å². The molecular formula is C13H18IN3. The molecule has 0 unspecified atom stereocenters. The summed E-state index contributed by atoms with van der Waals surface area (Å²) in [4.78, 5) is 0. The van der Waals surface area contributed by atoms with E-state index in [9.17, 15) is 0 Å². The molecule has 2 rings (SSSR count). The standard InChI is InChI=1S/C13H17N3.HI/c1-16-9-2-4-11-5-6-12(10-13(11)16)15-8-3-7-14;/h2,4-6,9-10H,3,7-8,14H2,1H3;1H. The summed E-state index contributed by atoms with van der Waals surface area (Å²) in [7, 11) is 2.06. The lowest BCUT2D eigenvalue weighted by molar-refractivity contribution is -0.644. The van der Waals surface area contributed by atoms with Gasteiger partial charge in [-0.3, -0.25) is 0 Å². The summed E-state index contributed by atoms with van der Waals surface area (Å²) in [5, 5.41) is 4.63. The third kappa shape index (κ3) is 3.54. The fourth-order valence-corrected chi connectivity index (χ4v) is 1.79. The third-order valence-electron chi connectivity index (χ3n) is 2.71. The molecule has 0 bridgehead atoms. The van der Waals surface area contributed by atoms with E-state index in [1.54, 1.807) is 0 Å². The Morgan fingerprint density at radius 2 is 2.12 bits per heavy atom. The number of nitrogens with two attached hydrogens (primary N) is 1. The minimum Gasteiger partial charge on any atom is -1.00 e. The van der Waals surface area contributed by atoms with Gasteiger partial charge in [0.05, 0.1) is 0 Å². The van der Waals surface area contributed by atoms with Crippen molar-refractivity contribution in [3.8, 4) is 0 Å². The largest absolute Gasteiger partial charge is 1.00 e. The molecular weight excluding hydrogens is 325 g/mol. The third-order valence-corrected chi connectivity index (χ3v) is 2.71. The van der Waals surface area contributed by atoms with Gasteiger partial charge in [0, 0.05) is 29.8 Å². The van der Waals surface area contributed by atoms with E-state index in [1.165, 1.54) is 10.9 Å². The Labute approximate surface area is 119 Å². The number of hydrogen-bond acceptors (Lipinski definition) is 2. The molecule has 1 heterocycles. The number of pyridine rings is 1. The number of fused-ring (bicyclic) bond motifs is 1. The van der Waals surface area contributed by atoms with Crippen LogP contribution in [-0.4, -0.2) is 13.1 Å². The number of nitrogens with zero attached hydrogens (tertiary/aromatic N) is 1. The Hall–Kier alpha value is -0.880. The molecule has 92 valence electrons. The van der Waals surface area contributed by atoms with E-state index in [0.29, 0.717) is 0 Å². The molecule has 2 aromatic rings. The first-order valence-corrected chi connectivity index (χ1v) is 5.63. The summed E-state index contributed by atoms with van der Waals surface area (Å²) in [5.74, 6) is 0. The zero-order valence-corrected chi connectivity index (χ0v) is 12.1. The van der Waals surface area contributed by atoms with E-state index in [-0.39, 0.29) is 24.0 Å². The average molecular weight is 343 g/mol. The molecule has 0 spiro atoms. The number of aryl methyl sites for hydroxylation is 1. The minimum atomic E-state index is 0. The molecule has 0 atom stereocenters. The van der Waals surface area contributed by atoms with E-state index in [0.717, 1.165) is 25.2 Å². The molecule has 1 aromatic heterocycles. The van der Waals surface area contributed by atoms with Crippen molar-refractivity contribution in [2.45, 2.75) is 6.42 Å². The van der Waals surface area contributed by atoms with Crippen LogP contribution in [0, 0.1) is 0 Å². The lowest BCUT2D eigenvalue weighted by Crippen LogP contribution is -3.00. The van der Waals surface area contributed by atoms with E-state index in [2.05, 4.69) is 53.5 Å². The van der Waals surface area contributed by atoms with Crippen LogP contribution in [-0.2, 0) is 7.05 Å². The predicted molar refractivity (Wildman–Crippen MR) is 67.3 cm³/mol. The highest BCUT2D eigenvalue weighted by Gasteiger charge is 2.04. The fourth-order valence-electron chi connectivity index (χ4n) is 1.79. The molecule has 0 saturated heterocycles. The number of nitrogens with one attached hydrogen (secondary N) is 1. The second-order valence-electron chi connectivity index (χ2n) is 3.96. The molecule has 0 aliphatic heterocycles. The molecule has 4 heteroatoms. The van der Waals surface area contributed by atoms with Gasteiger partial charge in [0.2, 0.25) is 5.52 Å². The van der Waals surface area contributed by atoms with Crippen molar-refractivity contribution >= 4 is 16.6 Å². The first kappa shape index (κ1) is 14.2. The topological polar surface area (TPSA) is 41.9 Å². The van der Waals surface area contributed by atoms with Crippen molar-refractivity contribution in [3.05, 3.63) is 36.5 Å². The molecule has 17 heavy (non-hydrogen) atoms. The predicted octanol–water partition coefficient (Wildman–Crippen LogP) is -1.57. The van der Waals surface area contributed by atoms with Gasteiger partial charge < -0.3 is 35.0 Å². The maximum Gasteiger partial charge on any atom is 0.214 e. The normalized spacial score (nSPS) is 10.0. The Morgan fingerprint density at radius 1 is 1.29 bits per heavy atom. The van der Waals surface area contributed by atoms with Gasteiger partial charge in [0.1, 0.15) is 7.05 Å². The van der Waals surface area contributed by atoms with Gasteiger partial charge in [-0.25, -0.2) is 4.57 Å². The van der Waals surface area contributed by atoms with Crippen molar-refractivity contribution in [1.29, 1.82) is 0 Å². The lowest BCUT2D eigenvalue weighted by Gasteiger charge is -2.05. The minimum absolute atomic E-state index is 0. The van der Waals surface area contributed by atoms with Crippen LogP contribution in [0.25, 0.3) is 10.9 Å². The van der Waals surface area contributed by atoms with E-state index < -0.39 is 0 Å². The van der Waals surface area contributed by atoms with E-state index in [4.69, 9.17) is 5.73 Å². The zero-order valence-electron chi connectivity index (χ0n) is 9.99. The number of hydrogen-bond donors (Lipinski definition) is 2. The van der Waals surface area contributed by atoms with Crippen LogP contribution in [0.15, 0.2) is 36.5 Å². The van der Waals surface area contributed by atoms with Gasteiger partial charge in [-0.2, -0.15) is 0 Å². The van der Waals surface area contributed by atoms with Gasteiger partial charge in [0.25, 0.3) is 0 Å². The van der Waals surface area contributed by atoms with Crippen molar-refractivity contribution in [3.63, 3.8) is 0 Å². The van der Waals surface area contributed by atoms with Crippen LogP contribution < -0.4 is 39.6 Å². The van der Waals surface area contributed by atoms with Crippen molar-refractivity contribution < 1.29 is 28.5 Å². The van der Waals surface area contributed by atoms with Crippen LogP contribution in [0.2, 0.25) is 0 Å².